The van der Waals surface area contributed by atoms with Crippen LogP contribution in [0.4, 0.5) is 5.82 Å². The van der Waals surface area contributed by atoms with Crippen LogP contribution in [0.15, 0.2) is 76.7 Å². The zero-order valence-electron chi connectivity index (χ0n) is 20.9. The van der Waals surface area contributed by atoms with Gasteiger partial charge in [-0.3, -0.25) is 18.8 Å². The van der Waals surface area contributed by atoms with E-state index in [-0.39, 0.29) is 33.9 Å². The SMILES string of the molecule is CC(NC(=O)c1c(N)nn2cccnc12)c1nc2occ(C#Cc3cnn(C)c3)c2c(=O)n1-c1ccccc1. The molecule has 1 unspecified atom stereocenters. The van der Waals surface area contributed by atoms with Crippen molar-refractivity contribution in [3.05, 3.63) is 100 Å². The molecule has 5 heterocycles. The fraction of sp³-hybridized carbons (Fsp3) is 0.111. The van der Waals surface area contributed by atoms with Crippen LogP contribution < -0.4 is 16.6 Å². The van der Waals surface area contributed by atoms with Gasteiger partial charge in [0.25, 0.3) is 11.5 Å². The molecule has 0 aliphatic rings. The number of aryl methyl sites for hydroxylation is 1. The maximum absolute atomic E-state index is 13.9. The Morgan fingerprint density at radius 3 is 2.77 bits per heavy atom. The van der Waals surface area contributed by atoms with Gasteiger partial charge in [-0.1, -0.05) is 30.0 Å². The Balaban J connectivity index is 1.45. The number of carbonyl (C=O) groups excluding carboxylic acids is 1. The predicted molar refractivity (Wildman–Crippen MR) is 142 cm³/mol. The molecule has 5 aromatic heterocycles. The zero-order chi connectivity index (χ0) is 27.1. The van der Waals surface area contributed by atoms with Crippen LogP contribution in [0.2, 0.25) is 0 Å². The number of nitrogens with two attached hydrogens (primary N) is 1. The first kappa shape index (κ1) is 23.7. The molecule has 6 aromatic rings. The molecule has 1 aromatic carbocycles. The fourth-order valence-electron chi connectivity index (χ4n) is 4.30. The quantitative estimate of drug-likeness (QED) is 0.337. The van der Waals surface area contributed by atoms with E-state index >= 15 is 0 Å². The average Bonchev–Trinajstić information content (AvgIpc) is 3.63. The lowest BCUT2D eigenvalue weighted by Crippen LogP contribution is -2.33. The van der Waals surface area contributed by atoms with Gasteiger partial charge in [-0.15, -0.1) is 5.10 Å². The maximum Gasteiger partial charge on any atom is 0.270 e. The highest BCUT2D eigenvalue weighted by atomic mass is 16.3. The molecule has 6 rings (SSSR count). The highest BCUT2D eigenvalue weighted by Gasteiger charge is 2.25. The van der Waals surface area contributed by atoms with Gasteiger partial charge in [0.2, 0.25) is 5.71 Å². The van der Waals surface area contributed by atoms with Gasteiger partial charge in [-0.05, 0) is 25.1 Å². The minimum Gasteiger partial charge on any atom is -0.445 e. The van der Waals surface area contributed by atoms with Gasteiger partial charge in [-0.2, -0.15) is 10.1 Å². The third kappa shape index (κ3) is 4.17. The number of rotatable bonds is 4. The van der Waals surface area contributed by atoms with Crippen LogP contribution in [0, 0.1) is 11.8 Å². The van der Waals surface area contributed by atoms with Gasteiger partial charge in [-0.25, -0.2) is 9.50 Å². The number of amides is 1. The van der Waals surface area contributed by atoms with E-state index < -0.39 is 11.9 Å². The summed E-state index contributed by atoms with van der Waals surface area (Å²) in [6.07, 6.45) is 7.99. The standard InChI is InChI=1S/C27H21N9O3/c1-16(31-25(37)21-22(28)33-35-12-6-11-29-24(21)35)23-32-26-20(27(38)36(23)19-7-4-3-5-8-19)18(15-39-26)10-9-17-13-30-34(2)14-17/h3-8,11-16H,1-2H3,(H2,28,33)(H,31,37). The largest absolute Gasteiger partial charge is 0.445 e. The van der Waals surface area contributed by atoms with Crippen LogP contribution in [0.25, 0.3) is 22.4 Å². The van der Waals surface area contributed by atoms with Crippen LogP contribution in [0.5, 0.6) is 0 Å². The molecule has 1 amide bonds. The lowest BCUT2D eigenvalue weighted by Gasteiger charge is -2.18. The van der Waals surface area contributed by atoms with Gasteiger partial charge in [0.15, 0.2) is 11.5 Å². The summed E-state index contributed by atoms with van der Waals surface area (Å²) in [5.74, 6) is 5.77. The minimum absolute atomic E-state index is 0.0325. The first-order valence-corrected chi connectivity index (χ1v) is 11.9. The number of aromatic nitrogens is 7. The van der Waals surface area contributed by atoms with E-state index in [1.165, 1.54) is 15.3 Å². The lowest BCUT2D eigenvalue weighted by molar-refractivity contribution is 0.0940. The average molecular weight is 520 g/mol. The number of nitrogen functional groups attached to an aromatic ring is 1. The number of anilines is 1. The first-order valence-electron chi connectivity index (χ1n) is 11.9. The third-order valence-corrected chi connectivity index (χ3v) is 6.08. The molecule has 0 saturated heterocycles. The number of para-hydroxylation sites is 1. The van der Waals surface area contributed by atoms with E-state index in [9.17, 15) is 9.59 Å². The van der Waals surface area contributed by atoms with Crippen molar-refractivity contribution in [3.8, 4) is 17.5 Å². The molecule has 0 fully saturated rings. The van der Waals surface area contributed by atoms with E-state index in [1.54, 1.807) is 61.6 Å². The number of hydrogen-bond acceptors (Lipinski definition) is 8. The maximum atomic E-state index is 13.9. The second-order valence-electron chi connectivity index (χ2n) is 8.77. The van der Waals surface area contributed by atoms with E-state index in [1.807, 2.05) is 18.2 Å². The van der Waals surface area contributed by atoms with Crippen LogP contribution in [0.1, 0.15) is 40.3 Å². The molecule has 0 aliphatic carbocycles. The van der Waals surface area contributed by atoms with E-state index in [2.05, 4.69) is 37.3 Å². The van der Waals surface area contributed by atoms with Crippen LogP contribution in [0.3, 0.4) is 0 Å². The minimum atomic E-state index is -0.733. The summed E-state index contributed by atoms with van der Waals surface area (Å²) in [4.78, 5) is 36.1. The van der Waals surface area contributed by atoms with Crippen LogP contribution in [-0.4, -0.2) is 39.8 Å². The number of nitrogens with zero attached hydrogens (tertiary/aromatic N) is 7. The molecule has 0 spiro atoms. The number of carbonyl (C=O) groups is 1. The number of nitrogens with one attached hydrogen (secondary N) is 1. The van der Waals surface area contributed by atoms with Gasteiger partial charge < -0.3 is 15.5 Å². The molecule has 0 saturated carbocycles. The van der Waals surface area contributed by atoms with Crippen molar-refractivity contribution in [2.75, 3.05) is 5.73 Å². The predicted octanol–water partition coefficient (Wildman–Crippen LogP) is 2.23. The molecule has 12 heteroatoms. The van der Waals surface area contributed by atoms with Crippen LogP contribution in [-0.2, 0) is 7.05 Å². The van der Waals surface area contributed by atoms with Crippen molar-refractivity contribution in [1.29, 1.82) is 0 Å². The van der Waals surface area contributed by atoms with Gasteiger partial charge >= 0.3 is 0 Å². The van der Waals surface area contributed by atoms with Gasteiger partial charge in [0, 0.05) is 25.6 Å². The molecule has 0 bridgehead atoms. The molecule has 12 nitrogen and oxygen atoms in total. The van der Waals surface area contributed by atoms with Gasteiger partial charge in [0.05, 0.1) is 29.1 Å². The van der Waals surface area contributed by atoms with Crippen molar-refractivity contribution < 1.29 is 9.21 Å². The first-order chi connectivity index (χ1) is 18.9. The van der Waals surface area contributed by atoms with Crippen molar-refractivity contribution in [2.45, 2.75) is 13.0 Å². The summed E-state index contributed by atoms with van der Waals surface area (Å²) in [6, 6.07) is 9.96. The normalized spacial score (nSPS) is 11.8. The summed E-state index contributed by atoms with van der Waals surface area (Å²) in [5, 5.41) is 11.4. The Morgan fingerprint density at radius 2 is 2.00 bits per heavy atom. The Kier molecular flexibility index (Phi) is 5.65. The molecule has 0 aliphatic heterocycles. The van der Waals surface area contributed by atoms with Crippen molar-refractivity contribution in [2.24, 2.45) is 7.05 Å². The number of benzene rings is 1. The van der Waals surface area contributed by atoms with E-state index in [0.717, 1.165) is 0 Å². The van der Waals surface area contributed by atoms with E-state index in [0.29, 0.717) is 22.5 Å². The molecule has 0 radical (unpaired) electrons. The highest BCUT2D eigenvalue weighted by molar-refractivity contribution is 6.04. The molecule has 192 valence electrons. The molecule has 1 atom stereocenters. The second kappa shape index (κ2) is 9.31. The summed E-state index contributed by atoms with van der Waals surface area (Å²) in [6.45, 7) is 1.71. The van der Waals surface area contributed by atoms with Crippen molar-refractivity contribution in [1.82, 2.24) is 39.2 Å². The number of hydrogen-bond donors (Lipinski definition) is 2. The van der Waals surface area contributed by atoms with Crippen molar-refractivity contribution in [3.63, 3.8) is 0 Å². The van der Waals surface area contributed by atoms with Crippen molar-refractivity contribution >= 4 is 28.5 Å². The monoisotopic (exact) mass is 519 g/mol. The number of furan rings is 1. The Hall–Kier alpha value is -5.70. The lowest BCUT2D eigenvalue weighted by atomic mass is 10.2. The van der Waals surface area contributed by atoms with Crippen LogP contribution >= 0.6 is 0 Å². The molecular weight excluding hydrogens is 498 g/mol. The summed E-state index contributed by atoms with van der Waals surface area (Å²) >= 11 is 0. The topological polar surface area (TPSA) is 151 Å². The molecule has 39 heavy (non-hydrogen) atoms. The fourth-order valence-corrected chi connectivity index (χ4v) is 4.30. The third-order valence-electron chi connectivity index (χ3n) is 6.08. The molecular formula is C27H21N9O3. The zero-order valence-corrected chi connectivity index (χ0v) is 20.9. The second-order valence-corrected chi connectivity index (χ2v) is 8.77. The Bertz CT molecular complexity index is 1990. The molecule has 3 N–H and O–H groups in total. The summed E-state index contributed by atoms with van der Waals surface area (Å²) in [5.41, 5.74) is 7.84. The smallest absolute Gasteiger partial charge is 0.270 e. The Labute approximate surface area is 220 Å². The van der Waals surface area contributed by atoms with E-state index in [4.69, 9.17) is 10.2 Å². The Morgan fingerprint density at radius 1 is 1.18 bits per heavy atom. The summed E-state index contributed by atoms with van der Waals surface area (Å²) < 4.78 is 10.2. The highest BCUT2D eigenvalue weighted by Crippen LogP contribution is 2.23. The number of fused-ring (bicyclic) bond motifs is 2. The summed E-state index contributed by atoms with van der Waals surface area (Å²) in [7, 11) is 1.79. The van der Waals surface area contributed by atoms with Gasteiger partial charge in [0.1, 0.15) is 23.0 Å².